The van der Waals surface area contributed by atoms with E-state index in [0.29, 0.717) is 6.04 Å². The highest BCUT2D eigenvalue weighted by atomic mass is 32.2. The average molecular weight is 321 g/mol. The Kier molecular flexibility index (Phi) is 6.43. The third-order valence-corrected chi connectivity index (χ3v) is 4.86. The second-order valence-corrected chi connectivity index (χ2v) is 7.19. The fourth-order valence-corrected chi connectivity index (χ4v) is 3.32. The number of amides is 2. The van der Waals surface area contributed by atoms with E-state index >= 15 is 0 Å². The number of hydrogen-bond donors (Lipinski definition) is 1. The van der Waals surface area contributed by atoms with Crippen molar-refractivity contribution < 1.29 is 4.79 Å². The number of benzene rings is 1. The van der Waals surface area contributed by atoms with E-state index in [1.165, 1.54) is 11.3 Å². The Morgan fingerprint density at radius 2 is 2.09 bits per heavy atom. The molecule has 1 N–H and O–H groups in total. The van der Waals surface area contributed by atoms with Crippen molar-refractivity contribution >= 4 is 23.5 Å². The lowest BCUT2D eigenvalue weighted by Crippen LogP contribution is -2.46. The highest BCUT2D eigenvalue weighted by molar-refractivity contribution is 7.98. The van der Waals surface area contributed by atoms with Gasteiger partial charge in [0.05, 0.1) is 0 Å². The Morgan fingerprint density at radius 3 is 2.73 bits per heavy atom. The number of nitrogens with one attached hydrogen (secondary N) is 1. The SMILES string of the molecule is CCSCc1cccc(NC2CCN(C(=O)N(C)C)CC2)c1. The molecule has 0 aromatic heterocycles. The van der Waals surface area contributed by atoms with Crippen LogP contribution in [-0.4, -0.2) is 54.8 Å². The van der Waals surface area contributed by atoms with Crippen LogP contribution >= 0.6 is 11.8 Å². The fraction of sp³-hybridized carbons (Fsp3) is 0.588. The van der Waals surface area contributed by atoms with E-state index in [9.17, 15) is 4.79 Å². The molecule has 0 radical (unpaired) electrons. The Bertz CT molecular complexity index is 485. The number of likely N-dealkylation sites (tertiary alicyclic amines) is 1. The van der Waals surface area contributed by atoms with Crippen molar-refractivity contribution in [3.8, 4) is 0 Å². The molecule has 1 saturated heterocycles. The van der Waals surface area contributed by atoms with Crippen LogP contribution in [0.3, 0.4) is 0 Å². The maximum Gasteiger partial charge on any atom is 0.319 e. The number of anilines is 1. The Hall–Kier alpha value is -1.36. The van der Waals surface area contributed by atoms with Gasteiger partial charge in [0.25, 0.3) is 0 Å². The van der Waals surface area contributed by atoms with Crippen LogP contribution < -0.4 is 5.32 Å². The van der Waals surface area contributed by atoms with Crippen molar-refractivity contribution in [2.45, 2.75) is 31.6 Å². The maximum atomic E-state index is 11.9. The Balaban J connectivity index is 1.84. The summed E-state index contributed by atoms with van der Waals surface area (Å²) in [6.07, 6.45) is 2.01. The van der Waals surface area contributed by atoms with E-state index in [2.05, 4.69) is 36.5 Å². The molecule has 1 aliphatic rings. The first-order valence-electron chi connectivity index (χ1n) is 7.99. The number of rotatable bonds is 5. The molecule has 1 aliphatic heterocycles. The van der Waals surface area contributed by atoms with Crippen molar-refractivity contribution in [1.82, 2.24) is 9.80 Å². The van der Waals surface area contributed by atoms with Gasteiger partial charge in [0.2, 0.25) is 0 Å². The molecule has 4 nitrogen and oxygen atoms in total. The summed E-state index contributed by atoms with van der Waals surface area (Å²) in [4.78, 5) is 15.5. The number of hydrogen-bond acceptors (Lipinski definition) is 3. The van der Waals surface area contributed by atoms with Gasteiger partial charge < -0.3 is 15.1 Å². The molecule has 2 rings (SSSR count). The van der Waals surface area contributed by atoms with E-state index < -0.39 is 0 Å². The van der Waals surface area contributed by atoms with Crippen LogP contribution in [0.25, 0.3) is 0 Å². The molecule has 0 spiro atoms. The first-order valence-corrected chi connectivity index (χ1v) is 9.15. The molecule has 1 heterocycles. The van der Waals surface area contributed by atoms with Gasteiger partial charge in [-0.3, -0.25) is 0 Å². The standard InChI is InChI=1S/C17H27N3OS/c1-4-22-13-14-6-5-7-16(12-14)18-15-8-10-20(11-9-15)17(21)19(2)3/h5-7,12,15,18H,4,8-11,13H2,1-3H3. The summed E-state index contributed by atoms with van der Waals surface area (Å²) in [6.45, 7) is 3.86. The van der Waals surface area contributed by atoms with Gasteiger partial charge in [0.15, 0.2) is 0 Å². The molecule has 0 atom stereocenters. The second kappa shape index (κ2) is 8.32. The third kappa shape index (κ3) is 4.83. The van der Waals surface area contributed by atoms with Crippen LogP contribution in [0.5, 0.6) is 0 Å². The minimum atomic E-state index is 0.122. The number of carbonyl (C=O) groups excluding carboxylic acids is 1. The van der Waals surface area contributed by atoms with Crippen LogP contribution in [0, 0.1) is 0 Å². The normalized spacial score (nSPS) is 15.7. The fourth-order valence-electron chi connectivity index (χ4n) is 2.70. The van der Waals surface area contributed by atoms with E-state index in [0.717, 1.165) is 37.4 Å². The molecule has 1 aromatic rings. The van der Waals surface area contributed by atoms with Crippen molar-refractivity contribution in [3.63, 3.8) is 0 Å². The largest absolute Gasteiger partial charge is 0.382 e. The maximum absolute atomic E-state index is 11.9. The van der Waals surface area contributed by atoms with Crippen molar-refractivity contribution in [1.29, 1.82) is 0 Å². The quantitative estimate of drug-likeness (QED) is 0.901. The van der Waals surface area contributed by atoms with E-state index in [-0.39, 0.29) is 6.03 Å². The molecule has 5 heteroatoms. The van der Waals surface area contributed by atoms with Gasteiger partial charge in [0, 0.05) is 44.7 Å². The van der Waals surface area contributed by atoms with Gasteiger partial charge >= 0.3 is 6.03 Å². The first-order chi connectivity index (χ1) is 10.6. The average Bonchev–Trinajstić information content (AvgIpc) is 2.53. The van der Waals surface area contributed by atoms with Crippen molar-refractivity contribution in [3.05, 3.63) is 29.8 Å². The van der Waals surface area contributed by atoms with Gasteiger partial charge in [-0.2, -0.15) is 11.8 Å². The lowest BCUT2D eigenvalue weighted by atomic mass is 10.0. The molecular formula is C17H27N3OS. The lowest BCUT2D eigenvalue weighted by molar-refractivity contribution is 0.158. The molecule has 2 amide bonds. The summed E-state index contributed by atoms with van der Waals surface area (Å²) in [6, 6.07) is 9.28. The third-order valence-electron chi connectivity index (χ3n) is 3.92. The first kappa shape index (κ1) is 17.0. The van der Waals surface area contributed by atoms with E-state index in [4.69, 9.17) is 0 Å². The monoisotopic (exact) mass is 321 g/mol. The molecule has 122 valence electrons. The molecule has 1 fully saturated rings. The summed E-state index contributed by atoms with van der Waals surface area (Å²) in [5.74, 6) is 2.22. The second-order valence-electron chi connectivity index (χ2n) is 5.92. The predicted molar refractivity (Wildman–Crippen MR) is 95.6 cm³/mol. The Morgan fingerprint density at radius 1 is 1.36 bits per heavy atom. The van der Waals surface area contributed by atoms with Gasteiger partial charge in [-0.15, -0.1) is 0 Å². The summed E-state index contributed by atoms with van der Waals surface area (Å²) in [5, 5.41) is 3.63. The summed E-state index contributed by atoms with van der Waals surface area (Å²) < 4.78 is 0. The molecule has 0 aliphatic carbocycles. The van der Waals surface area contributed by atoms with E-state index in [1.54, 1.807) is 4.90 Å². The molecule has 0 unspecified atom stereocenters. The van der Waals surface area contributed by atoms with Crippen LogP contribution in [0.4, 0.5) is 10.5 Å². The number of urea groups is 1. The van der Waals surface area contributed by atoms with Gasteiger partial charge in [-0.1, -0.05) is 19.1 Å². The molecule has 0 bridgehead atoms. The minimum absolute atomic E-state index is 0.122. The Labute approximate surface area is 138 Å². The smallest absolute Gasteiger partial charge is 0.319 e. The van der Waals surface area contributed by atoms with Gasteiger partial charge in [-0.25, -0.2) is 4.79 Å². The van der Waals surface area contributed by atoms with Crippen LogP contribution in [0.1, 0.15) is 25.3 Å². The van der Waals surface area contributed by atoms with E-state index in [1.807, 2.05) is 30.8 Å². The summed E-state index contributed by atoms with van der Waals surface area (Å²) in [7, 11) is 3.62. The number of thioether (sulfide) groups is 1. The molecule has 0 saturated carbocycles. The lowest BCUT2D eigenvalue weighted by Gasteiger charge is -2.34. The molecular weight excluding hydrogens is 294 g/mol. The summed E-state index contributed by atoms with van der Waals surface area (Å²) in [5.41, 5.74) is 2.57. The van der Waals surface area contributed by atoms with Crippen molar-refractivity contribution in [2.24, 2.45) is 0 Å². The van der Waals surface area contributed by atoms with Gasteiger partial charge in [-0.05, 0) is 36.3 Å². The van der Waals surface area contributed by atoms with Crippen LogP contribution in [0.15, 0.2) is 24.3 Å². The highest BCUT2D eigenvalue weighted by Crippen LogP contribution is 2.20. The zero-order valence-corrected chi connectivity index (χ0v) is 14.7. The summed E-state index contributed by atoms with van der Waals surface area (Å²) >= 11 is 1.95. The van der Waals surface area contributed by atoms with Gasteiger partial charge in [0.1, 0.15) is 0 Å². The predicted octanol–water partition coefficient (Wildman–Crippen LogP) is 3.50. The van der Waals surface area contributed by atoms with Crippen LogP contribution in [-0.2, 0) is 5.75 Å². The van der Waals surface area contributed by atoms with Crippen LogP contribution in [0.2, 0.25) is 0 Å². The highest BCUT2D eigenvalue weighted by Gasteiger charge is 2.23. The number of carbonyl (C=O) groups is 1. The number of nitrogens with zero attached hydrogens (tertiary/aromatic N) is 2. The zero-order valence-electron chi connectivity index (χ0n) is 13.8. The zero-order chi connectivity index (χ0) is 15.9. The number of piperidine rings is 1. The molecule has 1 aromatic carbocycles. The molecule has 22 heavy (non-hydrogen) atoms. The minimum Gasteiger partial charge on any atom is -0.382 e. The topological polar surface area (TPSA) is 35.6 Å². The van der Waals surface area contributed by atoms with Crippen molar-refractivity contribution in [2.75, 3.05) is 38.3 Å².